The molecule has 0 aliphatic carbocycles. The molecule has 0 spiro atoms. The predicted octanol–water partition coefficient (Wildman–Crippen LogP) is 5.63. The standard InChI is InChI=1S/C13H9NS.C4H10/c1-2-6-10(7-3-1)13-14-11-8-4-5-9-12(11)15-13;1-4(2)3/h1-9H;4H,1-3H3. The largest absolute Gasteiger partial charge is 0.236 e. The first-order valence-electron chi connectivity index (χ1n) is 6.58. The first-order valence-corrected chi connectivity index (χ1v) is 7.39. The van der Waals surface area contributed by atoms with Gasteiger partial charge in [-0.25, -0.2) is 4.98 Å². The highest BCUT2D eigenvalue weighted by Gasteiger charge is 2.03. The van der Waals surface area contributed by atoms with E-state index in [4.69, 9.17) is 0 Å². The van der Waals surface area contributed by atoms with Crippen LogP contribution in [0.25, 0.3) is 20.8 Å². The molecule has 0 bridgehead atoms. The van der Waals surface area contributed by atoms with Gasteiger partial charge in [0.1, 0.15) is 5.01 Å². The van der Waals surface area contributed by atoms with Crippen molar-refractivity contribution in [1.82, 2.24) is 4.98 Å². The highest BCUT2D eigenvalue weighted by Crippen LogP contribution is 2.29. The molecule has 2 aromatic carbocycles. The predicted molar refractivity (Wildman–Crippen MR) is 85.6 cm³/mol. The Morgan fingerprint density at radius 2 is 1.42 bits per heavy atom. The summed E-state index contributed by atoms with van der Waals surface area (Å²) in [6.45, 7) is 6.50. The van der Waals surface area contributed by atoms with Gasteiger partial charge in [-0.3, -0.25) is 0 Å². The molecule has 98 valence electrons. The second-order valence-corrected chi connectivity index (χ2v) is 6.12. The average Bonchev–Trinajstić information content (AvgIpc) is 2.83. The molecule has 0 N–H and O–H groups in total. The Hall–Kier alpha value is -1.67. The molecule has 0 unspecified atom stereocenters. The third-order valence-corrected chi connectivity index (χ3v) is 3.40. The van der Waals surface area contributed by atoms with Crippen LogP contribution in [0.2, 0.25) is 0 Å². The highest BCUT2D eigenvalue weighted by molar-refractivity contribution is 7.21. The lowest BCUT2D eigenvalue weighted by molar-refractivity contribution is 0.737. The normalized spacial score (nSPS) is 10.3. The number of hydrogen-bond acceptors (Lipinski definition) is 2. The fourth-order valence-electron chi connectivity index (χ4n) is 1.58. The van der Waals surface area contributed by atoms with Crippen molar-refractivity contribution in [1.29, 1.82) is 0 Å². The molecule has 2 heteroatoms. The van der Waals surface area contributed by atoms with E-state index in [-0.39, 0.29) is 0 Å². The van der Waals surface area contributed by atoms with Crippen LogP contribution < -0.4 is 0 Å². The Kier molecular flexibility index (Phi) is 4.69. The molecule has 19 heavy (non-hydrogen) atoms. The summed E-state index contributed by atoms with van der Waals surface area (Å²) >= 11 is 1.74. The van der Waals surface area contributed by atoms with Gasteiger partial charge in [0.15, 0.2) is 0 Å². The molecular formula is C17H19NS. The Balaban J connectivity index is 0.000000297. The second-order valence-electron chi connectivity index (χ2n) is 5.08. The van der Waals surface area contributed by atoms with E-state index in [9.17, 15) is 0 Å². The monoisotopic (exact) mass is 269 g/mol. The molecule has 1 aromatic heterocycles. The van der Waals surface area contributed by atoms with E-state index in [0.29, 0.717) is 0 Å². The van der Waals surface area contributed by atoms with Gasteiger partial charge in [-0.2, -0.15) is 0 Å². The number of benzene rings is 2. The number of hydrogen-bond donors (Lipinski definition) is 0. The van der Waals surface area contributed by atoms with Crippen molar-refractivity contribution in [3.05, 3.63) is 54.6 Å². The van der Waals surface area contributed by atoms with E-state index in [1.54, 1.807) is 11.3 Å². The van der Waals surface area contributed by atoms with E-state index < -0.39 is 0 Å². The van der Waals surface area contributed by atoms with E-state index in [2.05, 4.69) is 56.1 Å². The minimum absolute atomic E-state index is 0.833. The summed E-state index contributed by atoms with van der Waals surface area (Å²) in [6.07, 6.45) is 0. The lowest BCUT2D eigenvalue weighted by Crippen LogP contribution is -1.73. The van der Waals surface area contributed by atoms with Gasteiger partial charge in [0.25, 0.3) is 0 Å². The molecule has 0 fully saturated rings. The smallest absolute Gasteiger partial charge is 0.124 e. The van der Waals surface area contributed by atoms with Crippen molar-refractivity contribution >= 4 is 21.6 Å². The zero-order valence-electron chi connectivity index (χ0n) is 11.6. The highest BCUT2D eigenvalue weighted by atomic mass is 32.1. The maximum absolute atomic E-state index is 4.60. The van der Waals surface area contributed by atoms with Crippen molar-refractivity contribution in [3.63, 3.8) is 0 Å². The van der Waals surface area contributed by atoms with Crippen LogP contribution in [0, 0.1) is 5.92 Å². The number of para-hydroxylation sites is 1. The van der Waals surface area contributed by atoms with Gasteiger partial charge < -0.3 is 0 Å². The van der Waals surface area contributed by atoms with Gasteiger partial charge in [0, 0.05) is 5.56 Å². The third-order valence-electron chi connectivity index (χ3n) is 2.31. The van der Waals surface area contributed by atoms with Crippen LogP contribution in [0.4, 0.5) is 0 Å². The van der Waals surface area contributed by atoms with Crippen molar-refractivity contribution in [3.8, 4) is 10.6 Å². The minimum Gasteiger partial charge on any atom is -0.236 e. The zero-order chi connectivity index (χ0) is 13.7. The number of fused-ring (bicyclic) bond motifs is 1. The van der Waals surface area contributed by atoms with Crippen molar-refractivity contribution in [2.75, 3.05) is 0 Å². The molecule has 0 aliphatic rings. The molecule has 1 nitrogen and oxygen atoms in total. The maximum atomic E-state index is 4.60. The van der Waals surface area contributed by atoms with E-state index in [1.165, 1.54) is 10.3 Å². The average molecular weight is 269 g/mol. The Bertz CT molecular complexity index is 590. The van der Waals surface area contributed by atoms with Crippen LogP contribution >= 0.6 is 11.3 Å². The minimum atomic E-state index is 0.833. The van der Waals surface area contributed by atoms with E-state index in [1.807, 2.05) is 24.3 Å². The van der Waals surface area contributed by atoms with Crippen LogP contribution in [0.5, 0.6) is 0 Å². The molecule has 0 amide bonds. The Morgan fingerprint density at radius 1 is 0.842 bits per heavy atom. The lowest BCUT2D eigenvalue weighted by atomic mass is 10.2. The first-order chi connectivity index (χ1) is 9.16. The lowest BCUT2D eigenvalue weighted by Gasteiger charge is -1.92. The fourth-order valence-corrected chi connectivity index (χ4v) is 2.55. The van der Waals surface area contributed by atoms with Crippen molar-refractivity contribution in [2.24, 2.45) is 5.92 Å². The van der Waals surface area contributed by atoms with Gasteiger partial charge in [0.2, 0.25) is 0 Å². The van der Waals surface area contributed by atoms with Crippen LogP contribution in [0.15, 0.2) is 54.6 Å². The molecule has 3 aromatic rings. The number of rotatable bonds is 1. The molecule has 3 rings (SSSR count). The maximum Gasteiger partial charge on any atom is 0.124 e. The van der Waals surface area contributed by atoms with E-state index in [0.717, 1.165) is 16.4 Å². The van der Waals surface area contributed by atoms with Gasteiger partial charge in [0.05, 0.1) is 10.2 Å². The van der Waals surface area contributed by atoms with Gasteiger partial charge >= 0.3 is 0 Å². The molecule has 0 aliphatic heterocycles. The zero-order valence-corrected chi connectivity index (χ0v) is 12.4. The van der Waals surface area contributed by atoms with Gasteiger partial charge in [-0.15, -0.1) is 11.3 Å². The summed E-state index contributed by atoms with van der Waals surface area (Å²) in [5.74, 6) is 0.833. The number of thiazole rings is 1. The van der Waals surface area contributed by atoms with Crippen LogP contribution in [0.3, 0.4) is 0 Å². The fraction of sp³-hybridized carbons (Fsp3) is 0.235. The first kappa shape index (κ1) is 13.8. The summed E-state index contributed by atoms with van der Waals surface area (Å²) in [5.41, 5.74) is 2.28. The topological polar surface area (TPSA) is 12.9 Å². The Labute approximate surface area is 118 Å². The van der Waals surface area contributed by atoms with Crippen LogP contribution in [-0.4, -0.2) is 4.98 Å². The summed E-state index contributed by atoms with van der Waals surface area (Å²) in [7, 11) is 0. The summed E-state index contributed by atoms with van der Waals surface area (Å²) in [6, 6.07) is 18.5. The van der Waals surface area contributed by atoms with E-state index >= 15 is 0 Å². The van der Waals surface area contributed by atoms with Crippen LogP contribution in [-0.2, 0) is 0 Å². The van der Waals surface area contributed by atoms with Gasteiger partial charge in [-0.1, -0.05) is 63.2 Å². The third kappa shape index (κ3) is 3.90. The summed E-state index contributed by atoms with van der Waals surface area (Å²) in [4.78, 5) is 4.60. The van der Waals surface area contributed by atoms with Crippen molar-refractivity contribution < 1.29 is 0 Å². The SMILES string of the molecule is CC(C)C.c1ccc(-c2nc3ccccc3s2)cc1. The van der Waals surface area contributed by atoms with Crippen LogP contribution in [0.1, 0.15) is 20.8 Å². The molecule has 0 saturated heterocycles. The Morgan fingerprint density at radius 3 is 2.05 bits per heavy atom. The molecule has 0 atom stereocenters. The summed E-state index contributed by atoms with van der Waals surface area (Å²) < 4.78 is 1.25. The molecule has 0 radical (unpaired) electrons. The second kappa shape index (κ2) is 6.48. The molecular weight excluding hydrogens is 250 g/mol. The quantitative estimate of drug-likeness (QED) is 0.558. The number of aromatic nitrogens is 1. The summed E-state index contributed by atoms with van der Waals surface area (Å²) in [5, 5.41) is 1.09. The van der Waals surface area contributed by atoms with Crippen molar-refractivity contribution in [2.45, 2.75) is 20.8 Å². The van der Waals surface area contributed by atoms with Gasteiger partial charge in [-0.05, 0) is 18.1 Å². The number of nitrogens with zero attached hydrogens (tertiary/aromatic N) is 1. The molecule has 1 heterocycles. The molecule has 0 saturated carbocycles.